The molecular weight excluding hydrogens is 250 g/mol. The van der Waals surface area contributed by atoms with E-state index in [1.807, 2.05) is 0 Å². The van der Waals surface area contributed by atoms with Crippen LogP contribution in [0.2, 0.25) is 0 Å². The van der Waals surface area contributed by atoms with Gasteiger partial charge in [-0.05, 0) is 73.2 Å². The van der Waals surface area contributed by atoms with E-state index in [4.69, 9.17) is 5.73 Å². The van der Waals surface area contributed by atoms with Crippen molar-refractivity contribution in [1.82, 2.24) is 0 Å². The minimum Gasteiger partial charge on any atom is -0.318 e. The summed E-state index contributed by atoms with van der Waals surface area (Å²) in [6, 6.07) is 9.05. The number of aryl methyl sites for hydroxylation is 3. The van der Waals surface area contributed by atoms with Crippen LogP contribution in [0.4, 0.5) is 0 Å². The van der Waals surface area contributed by atoms with Crippen molar-refractivity contribution in [3.63, 3.8) is 0 Å². The van der Waals surface area contributed by atoms with Gasteiger partial charge in [0.15, 0.2) is 0 Å². The van der Waals surface area contributed by atoms with Crippen molar-refractivity contribution in [2.45, 2.75) is 45.1 Å². The predicted octanol–water partition coefficient (Wildman–Crippen LogP) is 4.16. The van der Waals surface area contributed by atoms with Crippen LogP contribution in [0.1, 0.15) is 46.9 Å². The van der Waals surface area contributed by atoms with Gasteiger partial charge in [0.25, 0.3) is 0 Å². The molecule has 1 aromatic heterocycles. The monoisotopic (exact) mass is 271 g/mol. The Hall–Kier alpha value is -1.12. The van der Waals surface area contributed by atoms with E-state index in [9.17, 15) is 0 Å². The fourth-order valence-corrected chi connectivity index (χ4v) is 3.76. The average Bonchev–Trinajstić information content (AvgIpc) is 2.85. The molecule has 2 N–H and O–H groups in total. The first-order chi connectivity index (χ1) is 9.07. The molecule has 1 unspecified atom stereocenters. The molecular formula is C17H21NS. The van der Waals surface area contributed by atoms with Crippen LogP contribution in [-0.2, 0) is 18.4 Å². The lowest BCUT2D eigenvalue weighted by atomic mass is 9.82. The largest absolute Gasteiger partial charge is 0.318 e. The van der Waals surface area contributed by atoms with Gasteiger partial charge >= 0.3 is 0 Å². The minimum atomic E-state index is -0.378. The van der Waals surface area contributed by atoms with Crippen molar-refractivity contribution >= 4 is 11.3 Å². The zero-order valence-corrected chi connectivity index (χ0v) is 12.5. The predicted molar refractivity (Wildman–Crippen MR) is 82.8 cm³/mol. The van der Waals surface area contributed by atoms with Crippen molar-refractivity contribution in [3.05, 3.63) is 56.8 Å². The quantitative estimate of drug-likeness (QED) is 0.872. The molecule has 0 saturated heterocycles. The molecule has 0 aliphatic heterocycles. The maximum absolute atomic E-state index is 6.61. The lowest BCUT2D eigenvalue weighted by Crippen LogP contribution is -2.34. The number of fused-ring (bicyclic) bond motifs is 1. The van der Waals surface area contributed by atoms with Gasteiger partial charge in [0.05, 0.1) is 5.54 Å². The normalized spacial score (nSPS) is 17.8. The van der Waals surface area contributed by atoms with Crippen molar-refractivity contribution < 1.29 is 0 Å². The van der Waals surface area contributed by atoms with Crippen molar-refractivity contribution in [2.75, 3.05) is 0 Å². The highest BCUT2D eigenvalue weighted by molar-refractivity contribution is 7.10. The number of hydrogen-bond acceptors (Lipinski definition) is 2. The molecule has 1 aliphatic rings. The van der Waals surface area contributed by atoms with Gasteiger partial charge in [0.2, 0.25) is 0 Å². The molecule has 3 rings (SSSR count). The maximum Gasteiger partial charge on any atom is 0.0645 e. The van der Waals surface area contributed by atoms with Crippen molar-refractivity contribution in [2.24, 2.45) is 5.73 Å². The van der Waals surface area contributed by atoms with E-state index in [2.05, 4.69) is 43.5 Å². The fourth-order valence-electron chi connectivity index (χ4n) is 2.94. The average molecular weight is 271 g/mol. The summed E-state index contributed by atoms with van der Waals surface area (Å²) in [6.45, 7) is 4.26. The number of rotatable bonds is 2. The molecule has 2 heteroatoms. The zero-order chi connectivity index (χ0) is 13.5. The van der Waals surface area contributed by atoms with E-state index >= 15 is 0 Å². The first-order valence-electron chi connectivity index (χ1n) is 7.04. The highest BCUT2D eigenvalue weighted by atomic mass is 32.1. The summed E-state index contributed by atoms with van der Waals surface area (Å²) in [4.78, 5) is 1.32. The third kappa shape index (κ3) is 2.35. The van der Waals surface area contributed by atoms with E-state index in [-0.39, 0.29) is 5.54 Å². The van der Waals surface area contributed by atoms with Crippen LogP contribution in [0.15, 0.2) is 29.6 Å². The molecule has 1 heterocycles. The Kier molecular flexibility index (Phi) is 3.23. The molecule has 19 heavy (non-hydrogen) atoms. The Morgan fingerprint density at radius 2 is 1.79 bits per heavy atom. The van der Waals surface area contributed by atoms with Crippen LogP contribution >= 0.6 is 11.3 Å². The van der Waals surface area contributed by atoms with Crippen LogP contribution in [0.25, 0.3) is 0 Å². The van der Waals surface area contributed by atoms with Crippen LogP contribution in [0, 0.1) is 6.92 Å². The summed E-state index contributed by atoms with van der Waals surface area (Å²) in [7, 11) is 0. The van der Waals surface area contributed by atoms with Gasteiger partial charge in [-0.3, -0.25) is 0 Å². The second-order valence-corrected chi connectivity index (χ2v) is 6.95. The molecule has 0 bridgehead atoms. The first-order valence-corrected chi connectivity index (χ1v) is 7.92. The molecule has 0 radical (unpaired) electrons. The topological polar surface area (TPSA) is 26.0 Å². The van der Waals surface area contributed by atoms with E-state index in [0.717, 1.165) is 0 Å². The SMILES string of the molecule is Cc1cc(C(C)(N)c2ccc3c(c2)CCCC3)cs1. The Labute approximate surface area is 119 Å². The van der Waals surface area contributed by atoms with Crippen LogP contribution in [0.3, 0.4) is 0 Å². The molecule has 1 aromatic carbocycles. The van der Waals surface area contributed by atoms with Crippen molar-refractivity contribution in [1.29, 1.82) is 0 Å². The smallest absolute Gasteiger partial charge is 0.0645 e. The highest BCUT2D eigenvalue weighted by Gasteiger charge is 2.25. The maximum atomic E-state index is 6.61. The zero-order valence-electron chi connectivity index (χ0n) is 11.7. The molecule has 1 atom stereocenters. The molecule has 2 aromatic rings. The molecule has 1 aliphatic carbocycles. The van der Waals surface area contributed by atoms with Crippen LogP contribution < -0.4 is 5.73 Å². The van der Waals surface area contributed by atoms with Crippen LogP contribution in [0.5, 0.6) is 0 Å². The summed E-state index contributed by atoms with van der Waals surface area (Å²) >= 11 is 1.77. The Bertz CT molecular complexity index is 595. The molecule has 0 saturated carbocycles. The number of benzene rings is 1. The standard InChI is InChI=1S/C17H21NS/c1-12-9-16(11-19-12)17(2,18)15-8-7-13-5-3-4-6-14(13)10-15/h7-11H,3-6,18H2,1-2H3. The van der Waals surface area contributed by atoms with Gasteiger partial charge < -0.3 is 5.73 Å². The Morgan fingerprint density at radius 1 is 1.05 bits per heavy atom. The molecule has 0 amide bonds. The second kappa shape index (κ2) is 4.77. The van der Waals surface area contributed by atoms with E-state index in [1.54, 1.807) is 11.3 Å². The van der Waals surface area contributed by atoms with Gasteiger partial charge in [0.1, 0.15) is 0 Å². The number of nitrogens with two attached hydrogens (primary N) is 1. The molecule has 0 spiro atoms. The summed E-state index contributed by atoms with van der Waals surface area (Å²) < 4.78 is 0. The Balaban J connectivity index is 2.01. The summed E-state index contributed by atoms with van der Waals surface area (Å²) in [5.74, 6) is 0. The van der Waals surface area contributed by atoms with Gasteiger partial charge in [0, 0.05) is 4.88 Å². The van der Waals surface area contributed by atoms with Gasteiger partial charge in [-0.25, -0.2) is 0 Å². The summed E-state index contributed by atoms with van der Waals surface area (Å²) in [5.41, 5.74) is 11.7. The van der Waals surface area contributed by atoms with Gasteiger partial charge in [-0.2, -0.15) is 0 Å². The lowest BCUT2D eigenvalue weighted by molar-refractivity contribution is 0.600. The van der Waals surface area contributed by atoms with E-state index in [1.165, 1.54) is 52.8 Å². The first kappa shape index (κ1) is 12.9. The fraction of sp³-hybridized carbons (Fsp3) is 0.412. The highest BCUT2D eigenvalue weighted by Crippen LogP contribution is 2.32. The molecule has 1 nitrogen and oxygen atoms in total. The van der Waals surface area contributed by atoms with Gasteiger partial charge in [-0.15, -0.1) is 11.3 Å². The molecule has 100 valence electrons. The third-order valence-corrected chi connectivity index (χ3v) is 5.14. The number of hydrogen-bond donors (Lipinski definition) is 1. The Morgan fingerprint density at radius 3 is 2.47 bits per heavy atom. The number of thiophene rings is 1. The van der Waals surface area contributed by atoms with E-state index < -0.39 is 0 Å². The summed E-state index contributed by atoms with van der Waals surface area (Å²) in [6.07, 6.45) is 5.08. The van der Waals surface area contributed by atoms with Crippen molar-refractivity contribution in [3.8, 4) is 0 Å². The van der Waals surface area contributed by atoms with Gasteiger partial charge in [-0.1, -0.05) is 18.2 Å². The minimum absolute atomic E-state index is 0.378. The second-order valence-electron chi connectivity index (χ2n) is 5.84. The third-order valence-electron chi connectivity index (χ3n) is 4.28. The summed E-state index contributed by atoms with van der Waals surface area (Å²) in [5, 5.41) is 2.19. The van der Waals surface area contributed by atoms with E-state index in [0.29, 0.717) is 0 Å². The lowest BCUT2D eigenvalue weighted by Gasteiger charge is -2.27. The van der Waals surface area contributed by atoms with Crippen LogP contribution in [-0.4, -0.2) is 0 Å². The molecule has 0 fully saturated rings.